The molecule has 0 bridgehead atoms. The molecule has 0 spiro atoms. The van der Waals surface area contributed by atoms with Gasteiger partial charge in [0.15, 0.2) is 12.2 Å². The fourth-order valence-corrected chi connectivity index (χ4v) is 11.6. The molecule has 0 aliphatic heterocycles. The van der Waals surface area contributed by atoms with E-state index in [1.54, 1.807) is 0 Å². The number of ether oxygens (including phenoxy) is 4. The van der Waals surface area contributed by atoms with Crippen molar-refractivity contribution < 1.29 is 80.2 Å². The van der Waals surface area contributed by atoms with Crippen LogP contribution < -0.4 is 0 Å². The second-order valence-electron chi connectivity index (χ2n) is 25.4. The lowest BCUT2D eigenvalue weighted by atomic mass is 9.99. The SMILES string of the molecule is CCCCCCCCCCCCCCCC(=O)O[C@H](COC(=O)CCCCCCCCCCCC(C)C)COP(=O)(O)OC[C@@H](O)COP(=O)(O)OC[C@@H](COC(=O)CCCCCCCCC(C)C)OC(=O)CCCCCCCCCCC(C)CC. The number of aliphatic hydroxyl groups excluding tert-OH is 1. The molecule has 0 aliphatic carbocycles. The number of hydrogen-bond donors (Lipinski definition) is 3. The first kappa shape index (κ1) is 84.1. The molecule has 0 radical (unpaired) electrons. The maximum Gasteiger partial charge on any atom is 0.472 e. The van der Waals surface area contributed by atoms with Crippen molar-refractivity contribution in [1.82, 2.24) is 0 Å². The summed E-state index contributed by atoms with van der Waals surface area (Å²) in [6, 6.07) is 0. The van der Waals surface area contributed by atoms with Crippen molar-refractivity contribution in [1.29, 1.82) is 0 Å². The zero-order valence-electron chi connectivity index (χ0n) is 55.8. The predicted octanol–water partition coefficient (Wildman–Crippen LogP) is 18.7. The highest BCUT2D eigenvalue weighted by atomic mass is 31.2. The van der Waals surface area contributed by atoms with Gasteiger partial charge in [0.2, 0.25) is 0 Å². The monoisotopic (exact) mass is 1270 g/mol. The largest absolute Gasteiger partial charge is 0.472 e. The zero-order chi connectivity index (χ0) is 63.8. The van der Waals surface area contributed by atoms with E-state index in [0.717, 1.165) is 108 Å². The van der Waals surface area contributed by atoms with Crippen molar-refractivity contribution in [3.05, 3.63) is 0 Å². The number of unbranched alkanes of at least 4 members (excludes halogenated alkanes) is 32. The second-order valence-corrected chi connectivity index (χ2v) is 28.3. The van der Waals surface area contributed by atoms with Crippen molar-refractivity contribution in [2.24, 2.45) is 17.8 Å². The predicted molar refractivity (Wildman–Crippen MR) is 344 cm³/mol. The Morgan fingerprint density at radius 1 is 0.337 bits per heavy atom. The Morgan fingerprint density at radius 3 is 0.884 bits per heavy atom. The van der Waals surface area contributed by atoms with Crippen LogP contribution in [-0.2, 0) is 65.4 Å². The molecule has 0 fully saturated rings. The van der Waals surface area contributed by atoms with Crippen LogP contribution in [0.2, 0.25) is 0 Å². The summed E-state index contributed by atoms with van der Waals surface area (Å²) in [6.07, 6.45) is 40.3. The summed E-state index contributed by atoms with van der Waals surface area (Å²) in [6.45, 7) is 11.7. The second kappa shape index (κ2) is 58.2. The number of hydrogen-bond acceptors (Lipinski definition) is 15. The molecule has 3 unspecified atom stereocenters. The molecule has 86 heavy (non-hydrogen) atoms. The van der Waals surface area contributed by atoms with Crippen molar-refractivity contribution in [2.75, 3.05) is 39.6 Å². The van der Waals surface area contributed by atoms with Crippen molar-refractivity contribution in [3.8, 4) is 0 Å². The van der Waals surface area contributed by atoms with Crippen molar-refractivity contribution in [2.45, 2.75) is 349 Å². The molecule has 3 N–H and O–H groups in total. The third kappa shape index (κ3) is 59.7. The van der Waals surface area contributed by atoms with Gasteiger partial charge < -0.3 is 33.8 Å². The molecule has 0 aromatic heterocycles. The maximum absolute atomic E-state index is 13.0. The van der Waals surface area contributed by atoms with Gasteiger partial charge in [0.1, 0.15) is 19.3 Å². The van der Waals surface area contributed by atoms with Crippen molar-refractivity contribution >= 4 is 39.5 Å². The van der Waals surface area contributed by atoms with Crippen LogP contribution in [0.25, 0.3) is 0 Å². The Hall–Kier alpha value is -1.94. The number of phosphoric ester groups is 2. The Balaban J connectivity index is 5.26. The first-order chi connectivity index (χ1) is 41.3. The van der Waals surface area contributed by atoms with E-state index in [1.807, 2.05) is 0 Å². The molecule has 0 saturated carbocycles. The van der Waals surface area contributed by atoms with Crippen LogP contribution in [0.4, 0.5) is 0 Å². The molecule has 0 heterocycles. The molecule has 6 atom stereocenters. The highest BCUT2D eigenvalue weighted by Gasteiger charge is 2.30. The molecule has 510 valence electrons. The van der Waals surface area contributed by atoms with Crippen LogP contribution in [0.3, 0.4) is 0 Å². The summed E-state index contributed by atoms with van der Waals surface area (Å²) >= 11 is 0. The van der Waals surface area contributed by atoms with Gasteiger partial charge in [-0.1, -0.05) is 280 Å². The third-order valence-electron chi connectivity index (χ3n) is 15.7. The summed E-state index contributed by atoms with van der Waals surface area (Å²) in [5, 5.41) is 10.6. The number of esters is 4. The minimum atomic E-state index is -4.95. The van der Waals surface area contributed by atoms with E-state index in [4.69, 9.17) is 37.0 Å². The topological polar surface area (TPSA) is 237 Å². The highest BCUT2D eigenvalue weighted by Crippen LogP contribution is 2.45. The lowest BCUT2D eigenvalue weighted by molar-refractivity contribution is -0.161. The Kier molecular flexibility index (Phi) is 56.9. The van der Waals surface area contributed by atoms with Gasteiger partial charge in [-0.15, -0.1) is 0 Å². The van der Waals surface area contributed by atoms with Gasteiger partial charge in [0.25, 0.3) is 0 Å². The number of aliphatic hydroxyl groups is 1. The van der Waals surface area contributed by atoms with E-state index < -0.39 is 97.5 Å². The van der Waals surface area contributed by atoms with Gasteiger partial charge in [0.05, 0.1) is 26.4 Å². The number of carbonyl (C=O) groups excluding carboxylic acids is 4. The van der Waals surface area contributed by atoms with Crippen LogP contribution >= 0.6 is 15.6 Å². The minimum absolute atomic E-state index is 0.104. The smallest absolute Gasteiger partial charge is 0.462 e. The first-order valence-electron chi connectivity index (χ1n) is 34.9. The summed E-state index contributed by atoms with van der Waals surface area (Å²) < 4.78 is 68.1. The van der Waals surface area contributed by atoms with E-state index in [2.05, 4.69) is 48.5 Å². The molecule has 0 aromatic carbocycles. The lowest BCUT2D eigenvalue weighted by Gasteiger charge is -2.21. The number of carbonyl (C=O) groups is 4. The van der Waals surface area contributed by atoms with Crippen molar-refractivity contribution in [3.63, 3.8) is 0 Å². The average Bonchev–Trinajstić information content (AvgIpc) is 3.64. The Labute approximate surface area is 524 Å². The minimum Gasteiger partial charge on any atom is -0.462 e. The zero-order valence-corrected chi connectivity index (χ0v) is 57.6. The van der Waals surface area contributed by atoms with E-state index in [0.29, 0.717) is 31.6 Å². The number of phosphoric acid groups is 2. The summed E-state index contributed by atoms with van der Waals surface area (Å²) in [7, 11) is -9.89. The molecule has 0 amide bonds. The van der Waals surface area contributed by atoms with Gasteiger partial charge in [0, 0.05) is 25.7 Å². The van der Waals surface area contributed by atoms with Gasteiger partial charge in [-0.25, -0.2) is 9.13 Å². The van der Waals surface area contributed by atoms with E-state index >= 15 is 0 Å². The summed E-state index contributed by atoms with van der Waals surface area (Å²) in [4.78, 5) is 72.4. The standard InChI is InChI=1S/C67H130O17P2/c1-8-10-11-12-13-14-15-16-17-20-27-36-43-50-66(71)83-62(54-77-64(69)48-41-34-26-21-18-19-24-31-38-45-58(3)4)56-81-85(73,74)79-52-61(68)53-80-86(75,76)82-57-63(55-78-65(70)49-42-35-30-29-32-39-46-59(5)6)84-67(72)51-44-37-28-23-22-25-33-40-47-60(7)9-2/h58-63,68H,8-57H2,1-7H3,(H,73,74)(H,75,76)/t60?,61-,62-,63-/m1/s1. The van der Waals surface area contributed by atoms with Crippen LogP contribution in [0.5, 0.6) is 0 Å². The van der Waals surface area contributed by atoms with Gasteiger partial charge in [-0.05, 0) is 43.4 Å². The molecule has 0 aromatic rings. The lowest BCUT2D eigenvalue weighted by Crippen LogP contribution is -2.30. The quantitative estimate of drug-likeness (QED) is 0.0222. The molecule has 0 saturated heterocycles. The Morgan fingerprint density at radius 2 is 0.593 bits per heavy atom. The fourth-order valence-electron chi connectivity index (χ4n) is 9.98. The van der Waals surface area contributed by atoms with Gasteiger partial charge >= 0.3 is 39.5 Å². The number of rotatable bonds is 65. The molecule has 19 heteroatoms. The molecular weight excluding hydrogens is 1140 g/mol. The molecule has 0 aliphatic rings. The molecular formula is C67H130O17P2. The first-order valence-corrected chi connectivity index (χ1v) is 37.9. The molecule has 17 nitrogen and oxygen atoms in total. The third-order valence-corrected chi connectivity index (χ3v) is 17.6. The van der Waals surface area contributed by atoms with Crippen LogP contribution in [-0.4, -0.2) is 96.7 Å². The normalized spacial score (nSPS) is 14.6. The van der Waals surface area contributed by atoms with Gasteiger partial charge in [-0.3, -0.25) is 37.3 Å². The van der Waals surface area contributed by atoms with Crippen LogP contribution in [0.15, 0.2) is 0 Å². The van der Waals surface area contributed by atoms with Crippen LogP contribution in [0, 0.1) is 17.8 Å². The molecule has 0 rings (SSSR count). The van der Waals surface area contributed by atoms with E-state index in [1.165, 1.54) is 135 Å². The fraction of sp³-hybridized carbons (Fsp3) is 0.940. The average molecular weight is 1270 g/mol. The summed E-state index contributed by atoms with van der Waals surface area (Å²) in [5.74, 6) is 0.0601. The summed E-state index contributed by atoms with van der Waals surface area (Å²) in [5.41, 5.74) is 0. The van der Waals surface area contributed by atoms with E-state index in [9.17, 15) is 43.2 Å². The van der Waals surface area contributed by atoms with E-state index in [-0.39, 0.29) is 25.7 Å². The van der Waals surface area contributed by atoms with Crippen LogP contribution in [0.1, 0.15) is 331 Å². The maximum atomic E-state index is 13.0. The highest BCUT2D eigenvalue weighted by molar-refractivity contribution is 7.47. The Bertz CT molecular complexity index is 1700. The van der Waals surface area contributed by atoms with Gasteiger partial charge in [-0.2, -0.15) is 0 Å².